The van der Waals surface area contributed by atoms with Crippen LogP contribution in [0.15, 0.2) is 47.4 Å². The molecular formula is C18H17FN4O2S. The first-order chi connectivity index (χ1) is 12.5. The van der Waals surface area contributed by atoms with Gasteiger partial charge in [0.1, 0.15) is 5.82 Å². The molecule has 3 N–H and O–H groups in total. The van der Waals surface area contributed by atoms with Gasteiger partial charge < -0.3 is 16.0 Å². The van der Waals surface area contributed by atoms with E-state index in [1.807, 2.05) is 18.2 Å². The van der Waals surface area contributed by atoms with E-state index in [1.54, 1.807) is 12.1 Å². The van der Waals surface area contributed by atoms with Crippen LogP contribution in [0.4, 0.5) is 21.5 Å². The molecule has 134 valence electrons. The molecule has 0 bridgehead atoms. The molecule has 0 aliphatic rings. The van der Waals surface area contributed by atoms with Crippen molar-refractivity contribution in [3.8, 4) is 6.07 Å². The fraction of sp³-hybridized carbons (Fsp3) is 0.167. The Bertz CT molecular complexity index is 851. The van der Waals surface area contributed by atoms with Gasteiger partial charge in [-0.15, -0.1) is 11.8 Å². The highest BCUT2D eigenvalue weighted by Gasteiger charge is 2.09. The van der Waals surface area contributed by atoms with Crippen molar-refractivity contribution in [2.24, 2.45) is 0 Å². The lowest BCUT2D eigenvalue weighted by atomic mass is 10.2. The quantitative estimate of drug-likeness (QED) is 0.647. The molecule has 0 unspecified atom stereocenters. The Balaban J connectivity index is 1.97. The number of benzene rings is 2. The van der Waals surface area contributed by atoms with Crippen molar-refractivity contribution in [1.29, 1.82) is 5.26 Å². The second kappa shape index (κ2) is 9.44. The summed E-state index contributed by atoms with van der Waals surface area (Å²) in [5.74, 6) is -0.948. The minimum Gasteiger partial charge on any atom is -0.376 e. The van der Waals surface area contributed by atoms with Crippen molar-refractivity contribution in [2.45, 2.75) is 11.8 Å². The smallest absolute Gasteiger partial charge is 0.243 e. The summed E-state index contributed by atoms with van der Waals surface area (Å²) in [4.78, 5) is 24.0. The minimum atomic E-state index is -0.557. The third-order valence-electron chi connectivity index (χ3n) is 3.18. The van der Waals surface area contributed by atoms with E-state index in [1.165, 1.54) is 36.9 Å². The molecule has 0 saturated heterocycles. The summed E-state index contributed by atoms with van der Waals surface area (Å²) in [5, 5.41) is 16.7. The van der Waals surface area contributed by atoms with Crippen molar-refractivity contribution in [2.75, 3.05) is 28.2 Å². The summed E-state index contributed by atoms with van der Waals surface area (Å²) < 4.78 is 13.6. The molecule has 26 heavy (non-hydrogen) atoms. The Labute approximate surface area is 154 Å². The maximum absolute atomic E-state index is 13.6. The molecule has 0 aliphatic carbocycles. The Hall–Kier alpha value is -3.05. The van der Waals surface area contributed by atoms with Crippen molar-refractivity contribution in [3.63, 3.8) is 0 Å². The van der Waals surface area contributed by atoms with E-state index in [9.17, 15) is 14.0 Å². The lowest BCUT2D eigenvalue weighted by Gasteiger charge is -2.12. The highest BCUT2D eigenvalue weighted by molar-refractivity contribution is 7.99. The fourth-order valence-corrected chi connectivity index (χ4v) is 2.77. The number of nitriles is 1. The molecule has 0 fully saturated rings. The summed E-state index contributed by atoms with van der Waals surface area (Å²) in [5.41, 5.74) is 1.16. The van der Waals surface area contributed by atoms with Crippen LogP contribution in [0.1, 0.15) is 6.92 Å². The third-order valence-corrected chi connectivity index (χ3v) is 4.12. The van der Waals surface area contributed by atoms with Crippen LogP contribution >= 0.6 is 11.8 Å². The first-order valence-corrected chi connectivity index (χ1v) is 8.68. The Morgan fingerprint density at radius 2 is 1.92 bits per heavy atom. The average molecular weight is 372 g/mol. The van der Waals surface area contributed by atoms with Crippen molar-refractivity contribution >= 4 is 40.6 Å². The monoisotopic (exact) mass is 372 g/mol. The molecule has 2 amide bonds. The summed E-state index contributed by atoms with van der Waals surface area (Å²) in [6, 6.07) is 13.3. The molecule has 2 aromatic carbocycles. The van der Waals surface area contributed by atoms with Crippen LogP contribution < -0.4 is 16.0 Å². The number of hydrogen-bond donors (Lipinski definition) is 3. The fourth-order valence-electron chi connectivity index (χ4n) is 2.10. The number of anilines is 3. The van der Waals surface area contributed by atoms with Crippen LogP contribution in [-0.2, 0) is 9.59 Å². The van der Waals surface area contributed by atoms with Gasteiger partial charge >= 0.3 is 0 Å². The Morgan fingerprint density at radius 1 is 1.15 bits per heavy atom. The van der Waals surface area contributed by atoms with Crippen LogP contribution in [-0.4, -0.2) is 24.1 Å². The van der Waals surface area contributed by atoms with Gasteiger partial charge in [-0.2, -0.15) is 5.26 Å². The number of carbonyl (C=O) groups excluding carboxylic acids is 2. The van der Waals surface area contributed by atoms with E-state index in [0.717, 1.165) is 4.90 Å². The molecule has 0 heterocycles. The van der Waals surface area contributed by atoms with Gasteiger partial charge in [-0.3, -0.25) is 9.59 Å². The van der Waals surface area contributed by atoms with Crippen LogP contribution in [0.2, 0.25) is 0 Å². The van der Waals surface area contributed by atoms with E-state index < -0.39 is 5.82 Å². The highest BCUT2D eigenvalue weighted by Crippen LogP contribution is 2.26. The zero-order valence-electron chi connectivity index (χ0n) is 14.0. The van der Waals surface area contributed by atoms with Crippen LogP contribution in [0.5, 0.6) is 0 Å². The van der Waals surface area contributed by atoms with Gasteiger partial charge in [-0.05, 0) is 30.3 Å². The molecule has 6 nitrogen and oxygen atoms in total. The molecule has 0 spiro atoms. The second-order valence-corrected chi connectivity index (χ2v) is 6.24. The molecule has 0 radical (unpaired) electrons. The van der Waals surface area contributed by atoms with E-state index in [2.05, 4.69) is 16.0 Å². The molecule has 2 rings (SSSR count). The zero-order valence-corrected chi connectivity index (χ0v) is 14.8. The summed E-state index contributed by atoms with van der Waals surface area (Å²) in [6.07, 6.45) is 0. The number of nitrogens with zero attached hydrogens (tertiary/aromatic N) is 1. The SMILES string of the molecule is CC(=O)Nc1cc(NCC(=O)Nc2ccccc2SCC#N)ccc1F. The number of nitrogens with one attached hydrogen (secondary N) is 3. The molecule has 2 aromatic rings. The van der Waals surface area contributed by atoms with Crippen molar-refractivity contribution in [1.82, 2.24) is 0 Å². The number of rotatable bonds is 7. The number of amides is 2. The summed E-state index contributed by atoms with van der Waals surface area (Å²) in [6.45, 7) is 1.25. The van der Waals surface area contributed by atoms with Gasteiger partial charge in [-0.1, -0.05) is 12.1 Å². The van der Waals surface area contributed by atoms with Crippen LogP contribution in [0.3, 0.4) is 0 Å². The van der Waals surface area contributed by atoms with E-state index >= 15 is 0 Å². The Morgan fingerprint density at radius 3 is 2.65 bits per heavy atom. The van der Waals surface area contributed by atoms with Gasteiger partial charge in [0.2, 0.25) is 11.8 Å². The van der Waals surface area contributed by atoms with Gasteiger partial charge in [0.05, 0.1) is 29.7 Å². The molecule has 0 saturated carbocycles. The molecule has 0 atom stereocenters. The van der Waals surface area contributed by atoms with Gasteiger partial charge in [-0.25, -0.2) is 4.39 Å². The van der Waals surface area contributed by atoms with Crippen molar-refractivity contribution in [3.05, 3.63) is 48.3 Å². The number of hydrogen-bond acceptors (Lipinski definition) is 5. The number of carbonyl (C=O) groups is 2. The van der Waals surface area contributed by atoms with Gasteiger partial charge in [0.25, 0.3) is 0 Å². The maximum Gasteiger partial charge on any atom is 0.243 e. The maximum atomic E-state index is 13.6. The van der Waals surface area contributed by atoms with E-state index in [4.69, 9.17) is 5.26 Å². The highest BCUT2D eigenvalue weighted by atomic mass is 32.2. The number of thioether (sulfide) groups is 1. The molecular weight excluding hydrogens is 355 g/mol. The lowest BCUT2D eigenvalue weighted by Crippen LogP contribution is -2.22. The molecule has 0 aliphatic heterocycles. The zero-order chi connectivity index (χ0) is 18.9. The van der Waals surface area contributed by atoms with E-state index in [-0.39, 0.29) is 29.8 Å². The first kappa shape index (κ1) is 19.3. The first-order valence-electron chi connectivity index (χ1n) is 7.69. The summed E-state index contributed by atoms with van der Waals surface area (Å²) >= 11 is 1.33. The lowest BCUT2D eigenvalue weighted by molar-refractivity contribution is -0.115. The largest absolute Gasteiger partial charge is 0.376 e. The predicted molar refractivity (Wildman–Crippen MR) is 101 cm³/mol. The standard InChI is InChI=1S/C18H17FN4O2S/c1-12(24)22-16-10-13(6-7-14(16)19)21-11-18(25)23-15-4-2-3-5-17(15)26-9-8-20/h2-7,10,21H,9,11H2,1H3,(H,22,24)(H,23,25). The van der Waals surface area contributed by atoms with Crippen LogP contribution in [0.25, 0.3) is 0 Å². The normalized spacial score (nSPS) is 9.88. The second-order valence-electron chi connectivity index (χ2n) is 5.22. The van der Waals surface area contributed by atoms with E-state index in [0.29, 0.717) is 11.4 Å². The van der Waals surface area contributed by atoms with Crippen LogP contribution in [0, 0.1) is 17.1 Å². The average Bonchev–Trinajstić information content (AvgIpc) is 2.61. The van der Waals surface area contributed by atoms with Gasteiger partial charge in [0, 0.05) is 17.5 Å². The van der Waals surface area contributed by atoms with Gasteiger partial charge in [0.15, 0.2) is 0 Å². The number of halogens is 1. The topological polar surface area (TPSA) is 94.0 Å². The van der Waals surface area contributed by atoms with Crippen molar-refractivity contribution < 1.29 is 14.0 Å². The minimum absolute atomic E-state index is 0.0393. The third kappa shape index (κ3) is 5.79. The summed E-state index contributed by atoms with van der Waals surface area (Å²) in [7, 11) is 0. The molecule has 8 heteroatoms. The predicted octanol–water partition coefficient (Wildman–Crippen LogP) is 3.45. The Kier molecular flexibility index (Phi) is 7.00. The number of para-hydroxylation sites is 1. The molecule has 0 aromatic heterocycles.